The van der Waals surface area contributed by atoms with E-state index in [2.05, 4.69) is 4.74 Å². The van der Waals surface area contributed by atoms with Crippen LogP contribution in [0.1, 0.15) is 19.3 Å². The number of aliphatic hydroxyl groups is 1. The minimum absolute atomic E-state index is 0.0125. The predicted octanol–water partition coefficient (Wildman–Crippen LogP) is 0.413. The maximum atomic E-state index is 11.0. The smallest absolute Gasteiger partial charge is 0.330 e. The van der Waals surface area contributed by atoms with Crippen molar-refractivity contribution in [1.29, 1.82) is 0 Å². The van der Waals surface area contributed by atoms with Gasteiger partial charge in [-0.3, -0.25) is 0 Å². The summed E-state index contributed by atoms with van der Waals surface area (Å²) < 4.78 is 15.8. The molecule has 2 heterocycles. The number of carbonyl (C=O) groups excluding carboxylic acids is 1. The van der Waals surface area contributed by atoms with E-state index in [-0.39, 0.29) is 12.2 Å². The number of carbonyl (C=O) groups is 1. The minimum atomic E-state index is -0.629. The van der Waals surface area contributed by atoms with E-state index in [1.54, 1.807) is 6.08 Å². The summed E-state index contributed by atoms with van der Waals surface area (Å²) in [5.41, 5.74) is 0. The third-order valence-electron chi connectivity index (χ3n) is 3.19. The molecule has 2 aliphatic heterocycles. The van der Waals surface area contributed by atoms with Gasteiger partial charge in [0.15, 0.2) is 0 Å². The lowest BCUT2D eigenvalue weighted by molar-refractivity contribution is -0.188. The van der Waals surface area contributed by atoms with E-state index in [0.717, 1.165) is 19.4 Å². The van der Waals surface area contributed by atoms with Crippen LogP contribution in [0, 0.1) is 0 Å². The van der Waals surface area contributed by atoms with E-state index < -0.39 is 18.2 Å². The van der Waals surface area contributed by atoms with E-state index in [1.165, 1.54) is 13.2 Å². The van der Waals surface area contributed by atoms with Crippen molar-refractivity contribution in [3.63, 3.8) is 0 Å². The summed E-state index contributed by atoms with van der Waals surface area (Å²) >= 11 is 0. The van der Waals surface area contributed by atoms with Crippen molar-refractivity contribution in [1.82, 2.24) is 0 Å². The van der Waals surface area contributed by atoms with Gasteiger partial charge in [0.1, 0.15) is 6.10 Å². The highest BCUT2D eigenvalue weighted by Gasteiger charge is 2.38. The maximum absolute atomic E-state index is 11.0. The number of rotatable bonds is 2. The zero-order chi connectivity index (χ0) is 12.3. The zero-order valence-corrected chi connectivity index (χ0v) is 9.87. The molecule has 0 radical (unpaired) electrons. The third kappa shape index (κ3) is 3.06. The standard InChI is InChI=1S/C12H18O5/c1-15-12(14)5-4-9-8(13)7-11-10(17-9)3-2-6-16-11/h4-5,8-11,13H,2-3,6-7H2,1H3/b5-4+/t8-,9-,10-,11+/m0/s1. The van der Waals surface area contributed by atoms with Crippen molar-refractivity contribution >= 4 is 5.97 Å². The fraction of sp³-hybridized carbons (Fsp3) is 0.750. The molecule has 0 unspecified atom stereocenters. The van der Waals surface area contributed by atoms with Crippen molar-refractivity contribution < 1.29 is 24.1 Å². The summed E-state index contributed by atoms with van der Waals surface area (Å²) in [5.74, 6) is -0.442. The summed E-state index contributed by atoms with van der Waals surface area (Å²) in [7, 11) is 1.32. The van der Waals surface area contributed by atoms with Gasteiger partial charge < -0.3 is 19.3 Å². The average molecular weight is 242 g/mol. The van der Waals surface area contributed by atoms with Gasteiger partial charge >= 0.3 is 5.97 Å². The number of aliphatic hydroxyl groups excluding tert-OH is 1. The van der Waals surface area contributed by atoms with Crippen LogP contribution >= 0.6 is 0 Å². The van der Waals surface area contributed by atoms with E-state index in [4.69, 9.17) is 9.47 Å². The maximum Gasteiger partial charge on any atom is 0.330 e. The van der Waals surface area contributed by atoms with Gasteiger partial charge in [0, 0.05) is 19.1 Å². The molecule has 96 valence electrons. The third-order valence-corrected chi connectivity index (χ3v) is 3.19. The summed E-state index contributed by atoms with van der Waals surface area (Å²) in [6.07, 6.45) is 4.26. The number of esters is 1. The Bertz CT molecular complexity index is 301. The quantitative estimate of drug-likeness (QED) is 0.561. The molecular weight excluding hydrogens is 224 g/mol. The van der Waals surface area contributed by atoms with Gasteiger partial charge in [-0.25, -0.2) is 4.79 Å². The monoisotopic (exact) mass is 242 g/mol. The molecule has 2 saturated heterocycles. The molecule has 5 heteroatoms. The van der Waals surface area contributed by atoms with E-state index >= 15 is 0 Å². The van der Waals surface area contributed by atoms with Crippen LogP contribution in [0.4, 0.5) is 0 Å². The lowest BCUT2D eigenvalue weighted by Gasteiger charge is -2.40. The molecule has 2 aliphatic rings. The van der Waals surface area contributed by atoms with Crippen LogP contribution in [-0.4, -0.2) is 49.2 Å². The number of ether oxygens (including phenoxy) is 3. The Balaban J connectivity index is 1.94. The van der Waals surface area contributed by atoms with Gasteiger partial charge in [-0.2, -0.15) is 0 Å². The van der Waals surface area contributed by atoms with Crippen LogP contribution < -0.4 is 0 Å². The van der Waals surface area contributed by atoms with Crippen molar-refractivity contribution in [2.45, 2.75) is 43.7 Å². The summed E-state index contributed by atoms with van der Waals surface area (Å²) in [4.78, 5) is 11.0. The molecule has 0 aliphatic carbocycles. The van der Waals surface area contributed by atoms with Crippen LogP contribution in [0.2, 0.25) is 0 Å². The Kier molecular flexibility index (Phi) is 4.15. The highest BCUT2D eigenvalue weighted by Crippen LogP contribution is 2.29. The molecule has 0 bridgehead atoms. The van der Waals surface area contributed by atoms with Crippen molar-refractivity contribution in [3.05, 3.63) is 12.2 Å². The Morgan fingerprint density at radius 2 is 2.29 bits per heavy atom. The number of hydrogen-bond acceptors (Lipinski definition) is 5. The van der Waals surface area contributed by atoms with Crippen LogP contribution in [0.15, 0.2) is 12.2 Å². The lowest BCUT2D eigenvalue weighted by Crippen LogP contribution is -2.49. The fourth-order valence-electron chi connectivity index (χ4n) is 2.27. The molecule has 0 spiro atoms. The first-order chi connectivity index (χ1) is 8.20. The molecule has 17 heavy (non-hydrogen) atoms. The number of fused-ring (bicyclic) bond motifs is 1. The van der Waals surface area contributed by atoms with Gasteiger partial charge in [-0.05, 0) is 18.9 Å². The van der Waals surface area contributed by atoms with Crippen LogP contribution in [0.5, 0.6) is 0 Å². The molecule has 2 fully saturated rings. The first kappa shape index (κ1) is 12.5. The Morgan fingerprint density at radius 3 is 3.06 bits per heavy atom. The summed E-state index contributed by atoms with van der Waals surface area (Å²) in [6.45, 7) is 0.736. The molecule has 1 N–H and O–H groups in total. The van der Waals surface area contributed by atoms with Gasteiger partial charge in [-0.1, -0.05) is 0 Å². The molecular formula is C12H18O5. The van der Waals surface area contributed by atoms with E-state index in [0.29, 0.717) is 6.42 Å². The van der Waals surface area contributed by atoms with Crippen molar-refractivity contribution in [2.24, 2.45) is 0 Å². The molecule has 0 amide bonds. The zero-order valence-electron chi connectivity index (χ0n) is 9.87. The van der Waals surface area contributed by atoms with Gasteiger partial charge in [0.2, 0.25) is 0 Å². The highest BCUT2D eigenvalue weighted by atomic mass is 16.6. The summed E-state index contributed by atoms with van der Waals surface area (Å²) in [6, 6.07) is 0. The topological polar surface area (TPSA) is 65.0 Å². The van der Waals surface area contributed by atoms with Crippen LogP contribution in [0.3, 0.4) is 0 Å². The van der Waals surface area contributed by atoms with Gasteiger partial charge in [-0.15, -0.1) is 0 Å². The fourth-order valence-corrected chi connectivity index (χ4v) is 2.27. The van der Waals surface area contributed by atoms with Gasteiger partial charge in [0.25, 0.3) is 0 Å². The minimum Gasteiger partial charge on any atom is -0.466 e. The van der Waals surface area contributed by atoms with E-state index in [9.17, 15) is 9.90 Å². The Hall–Kier alpha value is -0.910. The molecule has 0 aromatic heterocycles. The van der Waals surface area contributed by atoms with Crippen molar-refractivity contribution in [3.8, 4) is 0 Å². The molecule has 4 atom stereocenters. The molecule has 0 aromatic carbocycles. The second-order valence-corrected chi connectivity index (χ2v) is 4.38. The van der Waals surface area contributed by atoms with Gasteiger partial charge in [0.05, 0.1) is 25.4 Å². The number of hydrogen-bond donors (Lipinski definition) is 1. The highest BCUT2D eigenvalue weighted by molar-refractivity contribution is 5.81. The predicted molar refractivity (Wildman–Crippen MR) is 59.4 cm³/mol. The van der Waals surface area contributed by atoms with Crippen LogP contribution in [0.25, 0.3) is 0 Å². The second-order valence-electron chi connectivity index (χ2n) is 4.38. The second kappa shape index (κ2) is 5.62. The summed E-state index contributed by atoms with van der Waals surface area (Å²) in [5, 5.41) is 9.89. The Morgan fingerprint density at radius 1 is 1.47 bits per heavy atom. The molecule has 2 rings (SSSR count). The van der Waals surface area contributed by atoms with Crippen molar-refractivity contribution in [2.75, 3.05) is 13.7 Å². The lowest BCUT2D eigenvalue weighted by atomic mass is 9.93. The number of methoxy groups -OCH3 is 1. The molecule has 0 aromatic rings. The van der Waals surface area contributed by atoms with E-state index in [1.807, 2.05) is 0 Å². The normalized spacial score (nSPS) is 37.8. The van der Waals surface area contributed by atoms with Crippen LogP contribution in [-0.2, 0) is 19.0 Å². The largest absolute Gasteiger partial charge is 0.466 e. The molecule has 5 nitrogen and oxygen atoms in total. The Labute approximate surface area is 100 Å². The first-order valence-corrected chi connectivity index (χ1v) is 5.92. The average Bonchev–Trinajstić information content (AvgIpc) is 2.35. The molecule has 0 saturated carbocycles. The SMILES string of the molecule is COC(=O)/C=C/[C@@H]1O[C@H]2CCCO[C@@H]2C[C@@H]1O. The first-order valence-electron chi connectivity index (χ1n) is 5.92.